The van der Waals surface area contributed by atoms with Crippen LogP contribution in [0.5, 0.6) is 0 Å². The number of rotatable bonds is 12. The Bertz CT molecular complexity index is 290. The Morgan fingerprint density at radius 2 is 1.52 bits per heavy atom. The van der Waals surface area contributed by atoms with Gasteiger partial charge in [0.15, 0.2) is 8.32 Å². The van der Waals surface area contributed by atoms with E-state index in [1.807, 2.05) is 13.1 Å². The van der Waals surface area contributed by atoms with Crippen molar-refractivity contribution in [1.29, 1.82) is 0 Å². The van der Waals surface area contributed by atoms with Crippen LogP contribution in [-0.2, 0) is 17.1 Å². The van der Waals surface area contributed by atoms with E-state index >= 15 is 0 Å². The summed E-state index contributed by atoms with van der Waals surface area (Å²) in [6.07, 6.45) is 0.943. The number of nitrogens with two attached hydrogens (primary N) is 1. The lowest BCUT2D eigenvalue weighted by Gasteiger charge is -2.38. The second kappa shape index (κ2) is 9.53. The fourth-order valence-electron chi connectivity index (χ4n) is 1.85. The van der Waals surface area contributed by atoms with E-state index in [4.69, 9.17) is 22.8 Å². The maximum Gasteiger partial charge on any atom is 0.481 e. The summed E-state index contributed by atoms with van der Waals surface area (Å²) in [5, 5.41) is 3.29. The van der Waals surface area contributed by atoms with Gasteiger partial charge in [-0.1, -0.05) is 0 Å². The molecule has 128 valence electrons. The third kappa shape index (κ3) is 9.92. The van der Waals surface area contributed by atoms with E-state index in [1.54, 1.807) is 14.2 Å². The average Bonchev–Trinajstić information content (AvgIpc) is 2.36. The Balaban J connectivity index is 4.79. The van der Waals surface area contributed by atoms with Crippen LogP contribution >= 0.6 is 0 Å². The van der Waals surface area contributed by atoms with Crippen molar-refractivity contribution in [1.82, 2.24) is 5.32 Å². The quantitative estimate of drug-likeness (QED) is 0.411. The molecule has 0 heterocycles. The molecule has 0 amide bonds. The van der Waals surface area contributed by atoms with Crippen LogP contribution in [-0.4, -0.2) is 59.5 Å². The molecule has 9 heteroatoms. The smallest absolute Gasteiger partial charge is 0.416 e. The first-order valence-corrected chi connectivity index (χ1v) is 15.7. The van der Waals surface area contributed by atoms with Crippen LogP contribution in [0.1, 0.15) is 6.42 Å². The van der Waals surface area contributed by atoms with Crippen LogP contribution in [0.4, 0.5) is 0 Å². The monoisotopic (exact) mass is 354 g/mol. The van der Waals surface area contributed by atoms with Gasteiger partial charge in [-0.25, -0.2) is 0 Å². The van der Waals surface area contributed by atoms with Crippen LogP contribution in [0, 0.1) is 0 Å². The number of nitrogens with one attached hydrogen (secondary N) is 1. The minimum absolute atomic E-state index is 0.651. The summed E-state index contributed by atoms with van der Waals surface area (Å²) in [6, 6.07) is 0.797. The predicted octanol–water partition coefficient (Wildman–Crippen LogP) is 1.73. The molecule has 0 fully saturated rings. The molecule has 0 radical (unpaired) electrons. The zero-order valence-corrected chi connectivity index (χ0v) is 17.7. The zero-order chi connectivity index (χ0) is 16.6. The predicted molar refractivity (Wildman–Crippen MR) is 94.1 cm³/mol. The Labute approximate surface area is 133 Å². The maximum absolute atomic E-state index is 6.35. The van der Waals surface area contributed by atoms with Gasteiger partial charge in [-0.3, -0.25) is 0 Å². The summed E-state index contributed by atoms with van der Waals surface area (Å²) in [5.74, 6) is 0. The summed E-state index contributed by atoms with van der Waals surface area (Å²) < 4.78 is 24.0. The molecular formula is C12H34N2O4Si3. The van der Waals surface area contributed by atoms with E-state index in [0.717, 1.165) is 25.6 Å². The van der Waals surface area contributed by atoms with Crippen molar-refractivity contribution < 1.29 is 17.1 Å². The van der Waals surface area contributed by atoms with Crippen LogP contribution in [0.2, 0.25) is 38.8 Å². The van der Waals surface area contributed by atoms with E-state index < -0.39 is 25.7 Å². The van der Waals surface area contributed by atoms with E-state index in [-0.39, 0.29) is 0 Å². The highest BCUT2D eigenvalue weighted by molar-refractivity contribution is 6.84. The molecule has 1 atom stereocenters. The molecule has 0 aromatic heterocycles. The first-order chi connectivity index (χ1) is 9.60. The van der Waals surface area contributed by atoms with Gasteiger partial charge in [0, 0.05) is 33.4 Å². The normalized spacial score (nSPS) is 16.0. The summed E-state index contributed by atoms with van der Waals surface area (Å²) in [7, 11) is -3.29. The molecule has 3 N–H and O–H groups in total. The minimum Gasteiger partial charge on any atom is -0.416 e. The van der Waals surface area contributed by atoms with Gasteiger partial charge in [-0.15, -0.1) is 0 Å². The van der Waals surface area contributed by atoms with Crippen molar-refractivity contribution in [2.24, 2.45) is 5.73 Å². The fourth-order valence-corrected chi connectivity index (χ4v) is 11.7. The Kier molecular flexibility index (Phi) is 9.71. The van der Waals surface area contributed by atoms with E-state index in [2.05, 4.69) is 25.0 Å². The average molecular weight is 355 g/mol. The topological polar surface area (TPSA) is 75.0 Å². The summed E-state index contributed by atoms with van der Waals surface area (Å²) in [4.78, 5) is 0. The second-order valence-corrected chi connectivity index (χ2v) is 17.8. The van der Waals surface area contributed by atoms with Gasteiger partial charge in [0.25, 0.3) is 0 Å². The van der Waals surface area contributed by atoms with Crippen molar-refractivity contribution in [3.63, 3.8) is 0 Å². The molecule has 0 aliphatic rings. The van der Waals surface area contributed by atoms with Crippen LogP contribution in [0.15, 0.2) is 0 Å². The van der Waals surface area contributed by atoms with Crippen LogP contribution in [0.25, 0.3) is 0 Å². The first kappa shape index (κ1) is 21.4. The lowest BCUT2D eigenvalue weighted by Crippen LogP contribution is -2.57. The van der Waals surface area contributed by atoms with Crippen molar-refractivity contribution in [2.75, 3.05) is 33.9 Å². The molecule has 0 bridgehead atoms. The summed E-state index contributed by atoms with van der Waals surface area (Å²) in [6.45, 7) is 12.9. The standard InChI is InChI=1S/C12H34N2O4Si3/c1-15-20(6,7)18-21(16-2,17-19(3,4)5)12-8-10-14-11-9-13/h14H,8-13H2,1-7H3. The van der Waals surface area contributed by atoms with Gasteiger partial charge in [-0.05, 0) is 45.7 Å². The first-order valence-electron chi connectivity index (χ1n) is 7.51. The lowest BCUT2D eigenvalue weighted by atomic mass is 10.5. The third-order valence-corrected chi connectivity index (χ3v) is 12.3. The molecule has 0 spiro atoms. The zero-order valence-electron chi connectivity index (χ0n) is 14.7. The SMILES string of the molecule is CO[Si](C)(C)O[Si](CCCNCCN)(OC)O[Si](C)(C)C. The van der Waals surface area contributed by atoms with Gasteiger partial charge in [0.1, 0.15) is 0 Å². The van der Waals surface area contributed by atoms with Gasteiger partial charge < -0.3 is 28.1 Å². The third-order valence-electron chi connectivity index (χ3n) is 2.82. The molecule has 0 aliphatic carbocycles. The van der Waals surface area contributed by atoms with Crippen molar-refractivity contribution in [3.8, 4) is 0 Å². The minimum atomic E-state index is -2.69. The highest BCUT2D eigenvalue weighted by Crippen LogP contribution is 2.26. The molecule has 1 unspecified atom stereocenters. The van der Waals surface area contributed by atoms with Gasteiger partial charge in [-0.2, -0.15) is 0 Å². The van der Waals surface area contributed by atoms with E-state index in [0.29, 0.717) is 6.54 Å². The molecule has 0 rings (SSSR count). The van der Waals surface area contributed by atoms with E-state index in [9.17, 15) is 0 Å². The fraction of sp³-hybridized carbons (Fsp3) is 1.00. The lowest BCUT2D eigenvalue weighted by molar-refractivity contribution is 0.170. The van der Waals surface area contributed by atoms with Gasteiger partial charge in [0.05, 0.1) is 0 Å². The maximum atomic E-state index is 6.35. The molecular weight excluding hydrogens is 320 g/mol. The van der Waals surface area contributed by atoms with Gasteiger partial charge in [0.2, 0.25) is 0 Å². The molecule has 0 aliphatic heterocycles. The second-order valence-electron chi connectivity index (χ2n) is 6.45. The highest BCUT2D eigenvalue weighted by atomic mass is 28.5. The van der Waals surface area contributed by atoms with Crippen molar-refractivity contribution in [2.45, 2.75) is 45.2 Å². The Hall–Kier alpha value is 0.411. The summed E-state index contributed by atoms with van der Waals surface area (Å²) >= 11 is 0. The van der Waals surface area contributed by atoms with Crippen LogP contribution in [0.3, 0.4) is 0 Å². The molecule has 6 nitrogen and oxygen atoms in total. The highest BCUT2D eigenvalue weighted by Gasteiger charge is 2.48. The van der Waals surface area contributed by atoms with Gasteiger partial charge >= 0.3 is 17.4 Å². The molecule has 21 heavy (non-hydrogen) atoms. The van der Waals surface area contributed by atoms with Crippen LogP contribution < -0.4 is 11.1 Å². The molecule has 0 aromatic carbocycles. The molecule has 0 saturated carbocycles. The van der Waals surface area contributed by atoms with E-state index in [1.165, 1.54) is 0 Å². The largest absolute Gasteiger partial charge is 0.481 e. The van der Waals surface area contributed by atoms with Crippen molar-refractivity contribution >= 4 is 25.7 Å². The molecule has 0 aromatic rings. The van der Waals surface area contributed by atoms with Crippen molar-refractivity contribution in [3.05, 3.63) is 0 Å². The number of hydrogen-bond acceptors (Lipinski definition) is 6. The summed E-state index contributed by atoms with van der Waals surface area (Å²) in [5.41, 5.74) is 5.47. The Morgan fingerprint density at radius 1 is 0.905 bits per heavy atom. The molecule has 0 saturated heterocycles. The number of hydrogen-bond donors (Lipinski definition) is 2. The Morgan fingerprint density at radius 3 is 1.95 bits per heavy atom.